The summed E-state index contributed by atoms with van der Waals surface area (Å²) >= 11 is 0. The maximum Gasteiger partial charge on any atom is 0.240 e. The first-order valence-electron chi connectivity index (χ1n) is 10.3. The molecule has 9 nitrogen and oxygen atoms in total. The summed E-state index contributed by atoms with van der Waals surface area (Å²) < 4.78 is 38.3. The van der Waals surface area contributed by atoms with E-state index in [2.05, 4.69) is 10.0 Å². The number of benzene rings is 2. The van der Waals surface area contributed by atoms with Crippen LogP contribution in [0.4, 0.5) is 5.69 Å². The molecule has 2 aliphatic rings. The Morgan fingerprint density at radius 2 is 1.91 bits per heavy atom. The number of hydrogen-bond acceptors (Lipinski definition) is 6. The van der Waals surface area contributed by atoms with Gasteiger partial charge in [-0.3, -0.25) is 9.59 Å². The Hall–Kier alpha value is -3.11. The van der Waals surface area contributed by atoms with Crippen LogP contribution in [-0.2, 0) is 32.6 Å². The monoisotopic (exact) mass is 459 g/mol. The Morgan fingerprint density at radius 1 is 1.12 bits per heavy atom. The number of hydrogen-bond donors (Lipinski definition) is 2. The molecule has 0 bridgehead atoms. The van der Waals surface area contributed by atoms with Crippen molar-refractivity contribution in [3.05, 3.63) is 47.5 Å². The first-order valence-corrected chi connectivity index (χ1v) is 11.8. The maximum absolute atomic E-state index is 12.6. The van der Waals surface area contributed by atoms with Crippen molar-refractivity contribution in [3.63, 3.8) is 0 Å². The quantitative estimate of drug-likeness (QED) is 0.652. The second-order valence-corrected chi connectivity index (χ2v) is 9.61. The Labute approximate surface area is 186 Å². The summed E-state index contributed by atoms with van der Waals surface area (Å²) in [5.41, 5.74) is 2.42. The van der Waals surface area contributed by atoms with Crippen molar-refractivity contribution in [2.24, 2.45) is 0 Å². The van der Waals surface area contributed by atoms with E-state index in [1.54, 1.807) is 29.2 Å². The predicted molar refractivity (Wildman–Crippen MR) is 117 cm³/mol. The van der Waals surface area contributed by atoms with Crippen LogP contribution in [0.25, 0.3) is 0 Å². The van der Waals surface area contributed by atoms with E-state index in [9.17, 15) is 18.0 Å². The van der Waals surface area contributed by atoms with Crippen LogP contribution >= 0.6 is 0 Å². The number of ether oxygens (including phenoxy) is 2. The fraction of sp³-hybridized carbons (Fsp3) is 0.364. The number of amides is 2. The van der Waals surface area contributed by atoms with Crippen molar-refractivity contribution in [3.8, 4) is 11.5 Å². The van der Waals surface area contributed by atoms with Crippen LogP contribution in [0.2, 0.25) is 0 Å². The third-order valence-electron chi connectivity index (χ3n) is 5.49. The Kier molecular flexibility index (Phi) is 6.07. The number of nitrogens with one attached hydrogen (secondary N) is 2. The number of carbonyl (C=O) groups excluding carboxylic acids is 2. The van der Waals surface area contributed by atoms with Gasteiger partial charge in [0.25, 0.3) is 0 Å². The van der Waals surface area contributed by atoms with Crippen LogP contribution in [0.15, 0.2) is 41.3 Å². The fourth-order valence-electron chi connectivity index (χ4n) is 3.98. The molecule has 2 amide bonds. The number of nitrogens with zero attached hydrogens (tertiary/aromatic N) is 1. The molecule has 10 heteroatoms. The van der Waals surface area contributed by atoms with E-state index >= 15 is 0 Å². The molecule has 0 saturated carbocycles. The molecule has 4 rings (SSSR count). The van der Waals surface area contributed by atoms with Gasteiger partial charge in [0, 0.05) is 38.2 Å². The van der Waals surface area contributed by atoms with Gasteiger partial charge in [0.15, 0.2) is 11.5 Å². The summed E-state index contributed by atoms with van der Waals surface area (Å²) in [7, 11) is -3.77. The van der Waals surface area contributed by atoms with Crippen molar-refractivity contribution >= 4 is 27.5 Å². The molecule has 2 aliphatic heterocycles. The van der Waals surface area contributed by atoms with Crippen LogP contribution in [0, 0.1) is 0 Å². The van der Waals surface area contributed by atoms with Crippen molar-refractivity contribution in [2.45, 2.75) is 44.2 Å². The fourth-order valence-corrected chi connectivity index (χ4v) is 5.06. The van der Waals surface area contributed by atoms with E-state index in [1.807, 2.05) is 13.0 Å². The van der Waals surface area contributed by atoms with Crippen molar-refractivity contribution in [1.82, 2.24) is 10.0 Å². The normalized spacial score (nSPS) is 16.7. The Bertz CT molecular complexity index is 1160. The number of carbonyl (C=O) groups is 2. The summed E-state index contributed by atoms with van der Waals surface area (Å²) in [6, 6.07) is 10.1. The predicted octanol–water partition coefficient (Wildman–Crippen LogP) is 1.70. The number of sulfonamides is 1. The summed E-state index contributed by atoms with van der Waals surface area (Å²) in [6.07, 6.45) is 0.602. The smallest absolute Gasteiger partial charge is 0.240 e. The van der Waals surface area contributed by atoms with Gasteiger partial charge in [-0.1, -0.05) is 6.07 Å². The number of fused-ring (bicyclic) bond motifs is 2. The zero-order valence-electron chi connectivity index (χ0n) is 17.9. The molecular formula is C22H25N3O6S. The zero-order chi connectivity index (χ0) is 22.9. The molecule has 0 saturated heterocycles. The molecule has 2 aromatic rings. The highest BCUT2D eigenvalue weighted by Gasteiger charge is 2.30. The minimum atomic E-state index is -3.77. The molecular weight excluding hydrogens is 434 g/mol. The Balaban J connectivity index is 1.29. The molecule has 32 heavy (non-hydrogen) atoms. The first kappa shape index (κ1) is 22.1. The molecule has 2 aromatic carbocycles. The third kappa shape index (κ3) is 4.56. The molecule has 1 unspecified atom stereocenters. The molecule has 2 heterocycles. The SMILES string of the molecule is CC(=O)N1c2ccc(S(=O)(=O)NCCC(=O)NCc3ccc4c(c3)OCO4)cc2CC1C. The van der Waals surface area contributed by atoms with Crippen LogP contribution in [0.1, 0.15) is 31.4 Å². The third-order valence-corrected chi connectivity index (χ3v) is 6.95. The molecule has 0 aromatic heterocycles. The van der Waals surface area contributed by atoms with Crippen molar-refractivity contribution < 1.29 is 27.5 Å². The highest BCUT2D eigenvalue weighted by atomic mass is 32.2. The number of anilines is 1. The summed E-state index contributed by atoms with van der Waals surface area (Å²) in [5, 5.41) is 2.76. The van der Waals surface area contributed by atoms with Crippen molar-refractivity contribution in [1.29, 1.82) is 0 Å². The molecule has 1 atom stereocenters. The van der Waals surface area contributed by atoms with E-state index in [4.69, 9.17) is 9.47 Å². The van der Waals surface area contributed by atoms with E-state index in [1.165, 1.54) is 13.0 Å². The Morgan fingerprint density at radius 3 is 2.69 bits per heavy atom. The second kappa shape index (κ2) is 8.79. The molecule has 2 N–H and O–H groups in total. The number of rotatable bonds is 7. The summed E-state index contributed by atoms with van der Waals surface area (Å²) in [5.74, 6) is 0.964. The zero-order valence-corrected chi connectivity index (χ0v) is 18.7. The highest BCUT2D eigenvalue weighted by Crippen LogP contribution is 2.34. The minimum Gasteiger partial charge on any atom is -0.454 e. The summed E-state index contributed by atoms with van der Waals surface area (Å²) in [4.78, 5) is 25.8. The van der Waals surface area contributed by atoms with Gasteiger partial charge in [-0.15, -0.1) is 0 Å². The van der Waals surface area contributed by atoms with Gasteiger partial charge in [0.1, 0.15) is 0 Å². The molecule has 170 valence electrons. The van der Waals surface area contributed by atoms with E-state index in [0.717, 1.165) is 16.8 Å². The van der Waals surface area contributed by atoms with Crippen LogP contribution < -0.4 is 24.4 Å². The topological polar surface area (TPSA) is 114 Å². The average Bonchev–Trinajstić information content (AvgIpc) is 3.34. The van der Waals surface area contributed by atoms with Gasteiger partial charge in [0.2, 0.25) is 28.6 Å². The van der Waals surface area contributed by atoms with E-state index in [0.29, 0.717) is 24.5 Å². The second-order valence-electron chi connectivity index (χ2n) is 7.84. The van der Waals surface area contributed by atoms with Gasteiger partial charge in [-0.05, 0) is 54.8 Å². The molecule has 0 radical (unpaired) electrons. The van der Waals surface area contributed by atoms with E-state index in [-0.39, 0.29) is 42.5 Å². The maximum atomic E-state index is 12.6. The lowest BCUT2D eigenvalue weighted by Crippen LogP contribution is -2.33. The van der Waals surface area contributed by atoms with Crippen LogP contribution in [-0.4, -0.2) is 39.6 Å². The molecule has 0 aliphatic carbocycles. The largest absolute Gasteiger partial charge is 0.454 e. The lowest BCUT2D eigenvalue weighted by molar-refractivity contribution is -0.121. The summed E-state index contributed by atoms with van der Waals surface area (Å²) in [6.45, 7) is 3.88. The van der Waals surface area contributed by atoms with Gasteiger partial charge in [-0.25, -0.2) is 13.1 Å². The van der Waals surface area contributed by atoms with Gasteiger partial charge < -0.3 is 19.7 Å². The highest BCUT2D eigenvalue weighted by molar-refractivity contribution is 7.89. The van der Waals surface area contributed by atoms with Crippen LogP contribution in [0.5, 0.6) is 11.5 Å². The van der Waals surface area contributed by atoms with Gasteiger partial charge in [-0.2, -0.15) is 0 Å². The lowest BCUT2D eigenvalue weighted by Gasteiger charge is -2.20. The first-order chi connectivity index (χ1) is 15.2. The molecule has 0 spiro atoms. The van der Waals surface area contributed by atoms with Crippen LogP contribution in [0.3, 0.4) is 0 Å². The van der Waals surface area contributed by atoms with Crippen molar-refractivity contribution in [2.75, 3.05) is 18.2 Å². The standard InChI is InChI=1S/C22H25N3O6S/c1-14-9-17-11-18(4-5-19(17)25(14)15(2)26)32(28,29)24-8-7-22(27)23-12-16-3-6-20-21(10-16)31-13-30-20/h3-6,10-11,14,24H,7-9,12-13H2,1-2H3,(H,23,27). The lowest BCUT2D eigenvalue weighted by atomic mass is 10.1. The van der Waals surface area contributed by atoms with Gasteiger partial charge >= 0.3 is 0 Å². The van der Waals surface area contributed by atoms with E-state index < -0.39 is 10.0 Å². The molecule has 0 fully saturated rings. The van der Waals surface area contributed by atoms with Gasteiger partial charge in [0.05, 0.1) is 4.90 Å². The average molecular weight is 460 g/mol. The minimum absolute atomic E-state index is 0.00384.